The third-order valence-corrected chi connectivity index (χ3v) is 2.13. The van der Waals surface area contributed by atoms with Crippen molar-refractivity contribution < 1.29 is 8.78 Å². The Bertz CT molecular complexity index is 553. The van der Waals surface area contributed by atoms with E-state index in [4.69, 9.17) is 6.42 Å². The van der Waals surface area contributed by atoms with Crippen LogP contribution in [0.25, 0.3) is 11.3 Å². The minimum Gasteiger partial charge on any atom is -0.255 e. The number of terminal acetylenes is 1. The van der Waals surface area contributed by atoms with Gasteiger partial charge >= 0.3 is 0 Å². The van der Waals surface area contributed by atoms with Crippen molar-refractivity contribution in [3.63, 3.8) is 0 Å². The Balaban J connectivity index is 2.50. The molecular weight excluding hydrogens is 208 g/mol. The van der Waals surface area contributed by atoms with Crippen molar-refractivity contribution in [1.82, 2.24) is 4.98 Å². The molecule has 0 fully saturated rings. The standard InChI is InChI=1S/C13H7F2N/c1-2-9-3-6-13(16-8-9)11-7-10(14)4-5-12(11)15/h1,3-8H. The molecule has 0 bridgehead atoms. The van der Waals surface area contributed by atoms with Crippen LogP contribution >= 0.6 is 0 Å². The monoisotopic (exact) mass is 215 g/mol. The number of rotatable bonds is 1. The fourth-order valence-corrected chi connectivity index (χ4v) is 1.33. The summed E-state index contributed by atoms with van der Waals surface area (Å²) in [5, 5.41) is 0. The Morgan fingerprint density at radius 2 is 1.94 bits per heavy atom. The van der Waals surface area contributed by atoms with E-state index in [9.17, 15) is 8.78 Å². The molecule has 1 aromatic heterocycles. The third-order valence-electron chi connectivity index (χ3n) is 2.13. The Kier molecular flexibility index (Phi) is 2.65. The Labute approximate surface area is 91.8 Å². The van der Waals surface area contributed by atoms with Gasteiger partial charge in [0.15, 0.2) is 0 Å². The Morgan fingerprint density at radius 3 is 2.56 bits per heavy atom. The van der Waals surface area contributed by atoms with Gasteiger partial charge in [-0.3, -0.25) is 4.98 Å². The van der Waals surface area contributed by atoms with E-state index >= 15 is 0 Å². The van der Waals surface area contributed by atoms with Gasteiger partial charge in [-0.2, -0.15) is 0 Å². The summed E-state index contributed by atoms with van der Waals surface area (Å²) in [6.45, 7) is 0. The summed E-state index contributed by atoms with van der Waals surface area (Å²) in [6, 6.07) is 6.43. The number of hydrogen-bond acceptors (Lipinski definition) is 1. The molecule has 0 aliphatic rings. The number of hydrogen-bond donors (Lipinski definition) is 0. The second-order valence-corrected chi connectivity index (χ2v) is 3.20. The molecule has 3 heteroatoms. The van der Waals surface area contributed by atoms with Crippen LogP contribution in [-0.2, 0) is 0 Å². The zero-order valence-corrected chi connectivity index (χ0v) is 8.24. The third kappa shape index (κ3) is 1.91. The maximum absolute atomic E-state index is 13.4. The second-order valence-electron chi connectivity index (χ2n) is 3.20. The quantitative estimate of drug-likeness (QED) is 0.666. The minimum absolute atomic E-state index is 0.128. The maximum atomic E-state index is 13.4. The molecule has 0 aliphatic heterocycles. The van der Waals surface area contributed by atoms with Crippen molar-refractivity contribution in [3.05, 3.63) is 53.7 Å². The van der Waals surface area contributed by atoms with Crippen LogP contribution in [0.4, 0.5) is 8.78 Å². The van der Waals surface area contributed by atoms with Crippen LogP contribution in [0.5, 0.6) is 0 Å². The van der Waals surface area contributed by atoms with Crippen molar-refractivity contribution in [2.75, 3.05) is 0 Å². The lowest BCUT2D eigenvalue weighted by molar-refractivity contribution is 0.602. The molecule has 1 heterocycles. The first kappa shape index (κ1) is 10.3. The Hall–Kier alpha value is -2.21. The van der Waals surface area contributed by atoms with E-state index in [2.05, 4.69) is 10.9 Å². The summed E-state index contributed by atoms with van der Waals surface area (Å²) in [5.41, 5.74) is 1.08. The summed E-state index contributed by atoms with van der Waals surface area (Å²) in [4.78, 5) is 3.97. The zero-order valence-electron chi connectivity index (χ0n) is 8.24. The average molecular weight is 215 g/mol. The first-order valence-corrected chi connectivity index (χ1v) is 4.59. The number of halogens is 2. The molecule has 0 atom stereocenters. The molecular formula is C13H7F2N. The lowest BCUT2D eigenvalue weighted by Gasteiger charge is -2.02. The van der Waals surface area contributed by atoms with E-state index in [1.54, 1.807) is 12.1 Å². The van der Waals surface area contributed by atoms with Gasteiger partial charge in [0.25, 0.3) is 0 Å². The molecule has 1 aromatic carbocycles. The van der Waals surface area contributed by atoms with Gasteiger partial charge in [0.1, 0.15) is 11.6 Å². The van der Waals surface area contributed by atoms with Crippen molar-refractivity contribution in [3.8, 4) is 23.6 Å². The van der Waals surface area contributed by atoms with E-state index in [1.165, 1.54) is 6.20 Å². The highest BCUT2D eigenvalue weighted by Crippen LogP contribution is 2.21. The van der Waals surface area contributed by atoms with Crippen molar-refractivity contribution in [1.29, 1.82) is 0 Å². The summed E-state index contributed by atoms with van der Waals surface area (Å²) in [7, 11) is 0. The van der Waals surface area contributed by atoms with E-state index in [-0.39, 0.29) is 5.56 Å². The minimum atomic E-state index is -0.512. The van der Waals surface area contributed by atoms with Gasteiger partial charge in [-0.25, -0.2) is 8.78 Å². The fourth-order valence-electron chi connectivity index (χ4n) is 1.33. The lowest BCUT2D eigenvalue weighted by atomic mass is 10.1. The smallest absolute Gasteiger partial charge is 0.132 e. The van der Waals surface area contributed by atoms with Gasteiger partial charge in [-0.15, -0.1) is 6.42 Å². The van der Waals surface area contributed by atoms with Crippen LogP contribution in [-0.4, -0.2) is 4.98 Å². The SMILES string of the molecule is C#Cc1ccc(-c2cc(F)ccc2F)nc1. The number of aromatic nitrogens is 1. The zero-order chi connectivity index (χ0) is 11.5. The molecule has 1 nitrogen and oxygen atoms in total. The van der Waals surface area contributed by atoms with Gasteiger partial charge in [-0.1, -0.05) is 5.92 Å². The molecule has 0 amide bonds. The van der Waals surface area contributed by atoms with Crippen molar-refractivity contribution in [2.24, 2.45) is 0 Å². The van der Waals surface area contributed by atoms with Crippen LogP contribution in [0.3, 0.4) is 0 Å². The highest BCUT2D eigenvalue weighted by atomic mass is 19.1. The molecule has 78 valence electrons. The molecule has 0 spiro atoms. The normalized spacial score (nSPS) is 9.81. The largest absolute Gasteiger partial charge is 0.255 e. The number of benzene rings is 1. The number of pyridine rings is 1. The Morgan fingerprint density at radius 1 is 1.12 bits per heavy atom. The summed E-state index contributed by atoms with van der Waals surface area (Å²) < 4.78 is 26.3. The molecule has 0 unspecified atom stereocenters. The van der Waals surface area contributed by atoms with Gasteiger partial charge < -0.3 is 0 Å². The van der Waals surface area contributed by atoms with Gasteiger partial charge in [-0.05, 0) is 30.3 Å². The molecule has 0 aliphatic carbocycles. The highest BCUT2D eigenvalue weighted by Gasteiger charge is 2.07. The van der Waals surface area contributed by atoms with E-state index in [1.807, 2.05) is 0 Å². The predicted octanol–water partition coefficient (Wildman–Crippen LogP) is 3.01. The van der Waals surface area contributed by atoms with Gasteiger partial charge in [0, 0.05) is 17.3 Å². The van der Waals surface area contributed by atoms with E-state index in [0.717, 1.165) is 18.2 Å². The molecule has 2 aromatic rings. The molecule has 0 radical (unpaired) electrons. The predicted molar refractivity (Wildman–Crippen MR) is 57.5 cm³/mol. The fraction of sp³-hybridized carbons (Fsp3) is 0. The van der Waals surface area contributed by atoms with Crippen LogP contribution < -0.4 is 0 Å². The average Bonchev–Trinajstić information content (AvgIpc) is 2.32. The summed E-state index contributed by atoms with van der Waals surface area (Å²) >= 11 is 0. The molecule has 16 heavy (non-hydrogen) atoms. The second kappa shape index (κ2) is 4.11. The maximum Gasteiger partial charge on any atom is 0.132 e. The van der Waals surface area contributed by atoms with E-state index in [0.29, 0.717) is 11.3 Å². The summed E-state index contributed by atoms with van der Waals surface area (Å²) in [6.07, 6.45) is 6.61. The van der Waals surface area contributed by atoms with Gasteiger partial charge in [0.05, 0.1) is 5.69 Å². The van der Waals surface area contributed by atoms with E-state index < -0.39 is 11.6 Å². The molecule has 0 saturated heterocycles. The van der Waals surface area contributed by atoms with Crippen LogP contribution in [0, 0.1) is 24.0 Å². The van der Waals surface area contributed by atoms with Crippen LogP contribution in [0.2, 0.25) is 0 Å². The number of nitrogens with zero attached hydrogens (tertiary/aromatic N) is 1. The van der Waals surface area contributed by atoms with Crippen LogP contribution in [0.15, 0.2) is 36.5 Å². The lowest BCUT2D eigenvalue weighted by Crippen LogP contribution is -1.89. The highest BCUT2D eigenvalue weighted by molar-refractivity contribution is 5.60. The molecule has 0 saturated carbocycles. The van der Waals surface area contributed by atoms with Crippen molar-refractivity contribution >= 4 is 0 Å². The molecule has 2 rings (SSSR count). The van der Waals surface area contributed by atoms with Gasteiger partial charge in [0.2, 0.25) is 0 Å². The van der Waals surface area contributed by atoms with Crippen molar-refractivity contribution in [2.45, 2.75) is 0 Å². The summed E-state index contributed by atoms with van der Waals surface area (Å²) in [5.74, 6) is 1.39. The first-order valence-electron chi connectivity index (χ1n) is 4.59. The topological polar surface area (TPSA) is 12.9 Å². The molecule has 0 N–H and O–H groups in total. The van der Waals surface area contributed by atoms with Crippen LogP contribution in [0.1, 0.15) is 5.56 Å². The first-order chi connectivity index (χ1) is 7.70.